The third-order valence-corrected chi connectivity index (χ3v) is 4.47. The number of amides is 2. The van der Waals surface area contributed by atoms with Crippen LogP contribution in [-0.2, 0) is 26.2 Å². The molecule has 11 heteroatoms. The number of methoxy groups -OCH3 is 1. The van der Waals surface area contributed by atoms with Crippen molar-refractivity contribution in [1.29, 1.82) is 0 Å². The lowest BCUT2D eigenvalue weighted by Crippen LogP contribution is -2.32. The van der Waals surface area contributed by atoms with Crippen LogP contribution in [0, 0.1) is 0 Å². The van der Waals surface area contributed by atoms with Gasteiger partial charge in [0, 0.05) is 25.2 Å². The average Bonchev–Trinajstić information content (AvgIpc) is 3.09. The Morgan fingerprint density at radius 2 is 1.75 bits per heavy atom. The number of aryl methyl sites for hydroxylation is 1. The first-order valence-corrected chi connectivity index (χ1v) is 9.24. The summed E-state index contributed by atoms with van der Waals surface area (Å²) in [6.45, 7) is 8.41. The van der Waals surface area contributed by atoms with Gasteiger partial charge in [-0.05, 0) is 12.1 Å². The van der Waals surface area contributed by atoms with Crippen molar-refractivity contribution in [2.24, 2.45) is 7.05 Å². The molecule has 0 spiro atoms. The minimum atomic E-state index is -0.828. The topological polar surface area (TPSA) is 137 Å². The number of nitrogens with one attached hydrogen (secondary N) is 2. The maximum Gasteiger partial charge on any atom is 0.353 e. The number of fused-ring (bicyclic) bond motifs is 1. The SMILES string of the molecule is C=C(NC(=O)C(=C)n1cnc2c(-c3ccc(NC(C)=O)cc3)n(C)nc2c1=O)C(=O)OC. The van der Waals surface area contributed by atoms with E-state index in [1.165, 1.54) is 11.6 Å². The Morgan fingerprint density at radius 3 is 2.34 bits per heavy atom. The van der Waals surface area contributed by atoms with Crippen LogP contribution in [0.5, 0.6) is 0 Å². The molecule has 0 bridgehead atoms. The Labute approximate surface area is 182 Å². The van der Waals surface area contributed by atoms with Crippen molar-refractivity contribution in [3.8, 4) is 11.3 Å². The molecule has 2 amide bonds. The van der Waals surface area contributed by atoms with E-state index in [0.717, 1.165) is 23.6 Å². The molecule has 0 radical (unpaired) electrons. The van der Waals surface area contributed by atoms with Crippen LogP contribution in [0.4, 0.5) is 5.69 Å². The normalized spacial score (nSPS) is 10.5. The second-order valence-electron chi connectivity index (χ2n) is 6.72. The second kappa shape index (κ2) is 8.68. The smallest absolute Gasteiger partial charge is 0.353 e. The fraction of sp³-hybridized carbons (Fsp3) is 0.143. The van der Waals surface area contributed by atoms with Gasteiger partial charge in [-0.25, -0.2) is 9.78 Å². The van der Waals surface area contributed by atoms with Crippen molar-refractivity contribution < 1.29 is 19.1 Å². The Morgan fingerprint density at radius 1 is 1.09 bits per heavy atom. The summed E-state index contributed by atoms with van der Waals surface area (Å²) in [7, 11) is 2.80. The summed E-state index contributed by atoms with van der Waals surface area (Å²) >= 11 is 0. The zero-order chi connectivity index (χ0) is 23.6. The van der Waals surface area contributed by atoms with E-state index in [1.54, 1.807) is 31.3 Å². The van der Waals surface area contributed by atoms with Gasteiger partial charge < -0.3 is 15.4 Å². The van der Waals surface area contributed by atoms with Gasteiger partial charge in [0.1, 0.15) is 23.2 Å². The van der Waals surface area contributed by atoms with Crippen LogP contribution in [0.1, 0.15) is 6.92 Å². The molecule has 0 saturated carbocycles. The minimum absolute atomic E-state index is 0.0247. The standard InChI is InChI=1S/C21H20N6O5/c1-11(21(31)32-5)23-19(29)12(2)27-10-22-16-17(20(27)30)25-26(4)18(16)14-6-8-15(9-7-14)24-13(3)28/h6-10H,1-2H2,3-5H3,(H,23,29)(H,24,28). The molecule has 11 nitrogen and oxygen atoms in total. The van der Waals surface area contributed by atoms with E-state index in [2.05, 4.69) is 38.6 Å². The van der Waals surface area contributed by atoms with E-state index >= 15 is 0 Å². The highest BCUT2D eigenvalue weighted by Crippen LogP contribution is 2.26. The number of rotatable bonds is 6. The molecule has 0 fully saturated rings. The molecule has 0 aliphatic carbocycles. The number of nitrogens with zero attached hydrogens (tertiary/aromatic N) is 4. The van der Waals surface area contributed by atoms with Crippen LogP contribution in [0.15, 0.2) is 54.2 Å². The van der Waals surface area contributed by atoms with Crippen LogP contribution < -0.4 is 16.2 Å². The van der Waals surface area contributed by atoms with Crippen molar-refractivity contribution >= 4 is 40.2 Å². The molecular formula is C21H20N6O5. The summed E-state index contributed by atoms with van der Waals surface area (Å²) in [6.07, 6.45) is 1.16. The van der Waals surface area contributed by atoms with E-state index in [1.807, 2.05) is 0 Å². The first-order valence-electron chi connectivity index (χ1n) is 9.24. The zero-order valence-electron chi connectivity index (χ0n) is 17.6. The lowest BCUT2D eigenvalue weighted by molar-refractivity contribution is -0.137. The first kappa shape index (κ1) is 22.2. The van der Waals surface area contributed by atoms with E-state index in [4.69, 9.17) is 0 Å². The number of aromatic nitrogens is 4. The van der Waals surface area contributed by atoms with Crippen molar-refractivity contribution in [2.75, 3.05) is 12.4 Å². The molecule has 0 atom stereocenters. The number of hydrogen-bond acceptors (Lipinski definition) is 7. The highest BCUT2D eigenvalue weighted by atomic mass is 16.5. The number of carbonyl (C=O) groups excluding carboxylic acids is 3. The minimum Gasteiger partial charge on any atom is -0.464 e. The van der Waals surface area contributed by atoms with Gasteiger partial charge in [0.15, 0.2) is 5.52 Å². The average molecular weight is 436 g/mol. The number of ether oxygens (including phenoxy) is 1. The Balaban J connectivity index is 1.97. The van der Waals surface area contributed by atoms with Gasteiger partial charge in [0.25, 0.3) is 11.5 Å². The van der Waals surface area contributed by atoms with Crippen LogP contribution in [-0.4, -0.2) is 44.2 Å². The lowest BCUT2D eigenvalue weighted by atomic mass is 10.1. The molecule has 0 aliphatic rings. The highest BCUT2D eigenvalue weighted by Gasteiger charge is 2.20. The molecule has 1 aromatic carbocycles. The summed E-state index contributed by atoms with van der Waals surface area (Å²) in [4.78, 5) is 52.2. The molecule has 2 heterocycles. The van der Waals surface area contributed by atoms with Gasteiger partial charge in [0.05, 0.1) is 12.8 Å². The molecule has 0 unspecified atom stereocenters. The number of hydrogen-bond donors (Lipinski definition) is 2. The summed E-state index contributed by atoms with van der Waals surface area (Å²) < 4.78 is 6.89. The predicted molar refractivity (Wildman–Crippen MR) is 117 cm³/mol. The number of anilines is 1. The maximum absolute atomic E-state index is 13.0. The van der Waals surface area contributed by atoms with Crippen LogP contribution in [0.3, 0.4) is 0 Å². The van der Waals surface area contributed by atoms with Crippen molar-refractivity contribution in [3.63, 3.8) is 0 Å². The number of esters is 1. The summed E-state index contributed by atoms with van der Waals surface area (Å²) in [6, 6.07) is 6.97. The fourth-order valence-electron chi connectivity index (χ4n) is 2.98. The predicted octanol–water partition coefficient (Wildman–Crippen LogP) is 1.03. The largest absolute Gasteiger partial charge is 0.464 e. The second-order valence-corrected chi connectivity index (χ2v) is 6.72. The van der Waals surface area contributed by atoms with Crippen LogP contribution in [0.25, 0.3) is 28.0 Å². The summed E-state index contributed by atoms with van der Waals surface area (Å²) in [5.74, 6) is -1.84. The van der Waals surface area contributed by atoms with Gasteiger partial charge in [0.2, 0.25) is 5.91 Å². The van der Waals surface area contributed by atoms with Crippen molar-refractivity contribution in [3.05, 3.63) is 59.8 Å². The lowest BCUT2D eigenvalue weighted by Gasteiger charge is -2.10. The number of benzene rings is 1. The molecule has 164 valence electrons. The molecule has 0 aliphatic heterocycles. The molecule has 0 saturated heterocycles. The Kier molecular flexibility index (Phi) is 6.01. The Hall–Kier alpha value is -4.54. The van der Waals surface area contributed by atoms with Gasteiger partial charge in [-0.2, -0.15) is 5.10 Å². The van der Waals surface area contributed by atoms with E-state index in [-0.39, 0.29) is 22.8 Å². The highest BCUT2D eigenvalue weighted by molar-refractivity contribution is 6.15. The van der Waals surface area contributed by atoms with E-state index < -0.39 is 17.4 Å². The molecular weight excluding hydrogens is 416 g/mol. The summed E-state index contributed by atoms with van der Waals surface area (Å²) in [5.41, 5.74) is 1.08. The molecule has 32 heavy (non-hydrogen) atoms. The summed E-state index contributed by atoms with van der Waals surface area (Å²) in [5, 5.41) is 9.15. The monoisotopic (exact) mass is 436 g/mol. The Bertz CT molecular complexity index is 1330. The fourth-order valence-corrected chi connectivity index (χ4v) is 2.98. The first-order chi connectivity index (χ1) is 15.1. The number of carbonyl (C=O) groups is 3. The third kappa shape index (κ3) is 4.17. The van der Waals surface area contributed by atoms with Gasteiger partial charge in [-0.15, -0.1) is 0 Å². The quantitative estimate of drug-likeness (QED) is 0.435. The third-order valence-electron chi connectivity index (χ3n) is 4.47. The molecule has 2 aromatic heterocycles. The molecule has 3 rings (SSSR count). The zero-order valence-corrected chi connectivity index (χ0v) is 17.6. The molecule has 2 N–H and O–H groups in total. The van der Waals surface area contributed by atoms with Gasteiger partial charge >= 0.3 is 5.97 Å². The molecule has 3 aromatic rings. The maximum atomic E-state index is 13.0. The van der Waals surface area contributed by atoms with Crippen LogP contribution >= 0.6 is 0 Å². The van der Waals surface area contributed by atoms with Crippen molar-refractivity contribution in [1.82, 2.24) is 24.6 Å². The van der Waals surface area contributed by atoms with Gasteiger partial charge in [-0.1, -0.05) is 25.3 Å². The van der Waals surface area contributed by atoms with Gasteiger partial charge in [-0.3, -0.25) is 23.6 Å². The van der Waals surface area contributed by atoms with E-state index in [9.17, 15) is 19.2 Å². The van der Waals surface area contributed by atoms with Crippen molar-refractivity contribution in [2.45, 2.75) is 6.92 Å². The van der Waals surface area contributed by atoms with E-state index in [0.29, 0.717) is 16.9 Å². The van der Waals surface area contributed by atoms with Crippen LogP contribution in [0.2, 0.25) is 0 Å².